The Labute approximate surface area is 206 Å². The number of hydrogen-bond acceptors (Lipinski definition) is 4. The highest BCUT2D eigenvalue weighted by Crippen LogP contribution is 2.50. The largest absolute Gasteiger partial charge is 0.439 e. The Hall–Kier alpha value is -3.22. The average Bonchev–Trinajstić information content (AvgIpc) is 3.37. The average molecular weight is 560 g/mol. The molecule has 7 rings (SSSR count). The van der Waals surface area contributed by atoms with Gasteiger partial charge in [-0.1, -0.05) is 48.5 Å². The molecule has 6 aromatic rings. The molecule has 0 radical (unpaired) electrons. The molecule has 0 N–H and O–H groups in total. The normalized spacial score (nSPS) is 13.5. The van der Waals surface area contributed by atoms with Crippen LogP contribution < -0.4 is 9.80 Å². The summed E-state index contributed by atoms with van der Waals surface area (Å²) in [6.07, 6.45) is 0. The molecule has 0 aliphatic carbocycles. The Morgan fingerprint density at radius 2 is 1.06 bits per heavy atom. The Bertz CT molecular complexity index is 1580. The number of halogens is 2. The van der Waals surface area contributed by atoms with Crippen LogP contribution in [0, 0.1) is 0 Å². The standard InChI is InChI=1S/C27H16Br2N2O2/c28-24-17-9-1-3-13-21(17)32-26(24)30-15-31(27-25(29)18-10-2-4-14-22(18)33-27)20-12-6-8-16-7-5-11-19(30)23(16)20/h1-14H,15H2. The molecule has 0 saturated heterocycles. The highest BCUT2D eigenvalue weighted by molar-refractivity contribution is 9.11. The summed E-state index contributed by atoms with van der Waals surface area (Å²) in [6, 6.07) is 28.9. The second-order valence-corrected chi connectivity index (χ2v) is 9.67. The van der Waals surface area contributed by atoms with Gasteiger partial charge in [0.2, 0.25) is 11.8 Å². The summed E-state index contributed by atoms with van der Waals surface area (Å²) >= 11 is 7.61. The fourth-order valence-electron chi connectivity index (χ4n) is 4.74. The van der Waals surface area contributed by atoms with Crippen LogP contribution in [0.5, 0.6) is 0 Å². The predicted octanol–water partition coefficient (Wildman–Crippen LogP) is 9.10. The van der Waals surface area contributed by atoms with Gasteiger partial charge in [0.25, 0.3) is 0 Å². The van der Waals surface area contributed by atoms with E-state index in [-0.39, 0.29) is 0 Å². The van der Waals surface area contributed by atoms with Crippen LogP contribution in [0.3, 0.4) is 0 Å². The predicted molar refractivity (Wildman–Crippen MR) is 141 cm³/mol. The van der Waals surface area contributed by atoms with Crippen LogP contribution in [0.1, 0.15) is 0 Å². The number of para-hydroxylation sites is 2. The number of furan rings is 2. The lowest BCUT2D eigenvalue weighted by Gasteiger charge is -2.37. The van der Waals surface area contributed by atoms with Crippen molar-refractivity contribution in [1.29, 1.82) is 0 Å². The van der Waals surface area contributed by atoms with Crippen molar-refractivity contribution >= 4 is 87.7 Å². The van der Waals surface area contributed by atoms with Crippen molar-refractivity contribution in [2.75, 3.05) is 16.5 Å². The number of rotatable bonds is 2. The molecule has 4 nitrogen and oxygen atoms in total. The van der Waals surface area contributed by atoms with Gasteiger partial charge in [-0.05, 0) is 73.6 Å². The van der Waals surface area contributed by atoms with Crippen molar-refractivity contribution in [3.63, 3.8) is 0 Å². The van der Waals surface area contributed by atoms with E-state index < -0.39 is 0 Å². The smallest absolute Gasteiger partial charge is 0.217 e. The third-order valence-electron chi connectivity index (χ3n) is 6.25. The van der Waals surface area contributed by atoms with Crippen LogP contribution in [0.4, 0.5) is 23.1 Å². The molecule has 3 heterocycles. The van der Waals surface area contributed by atoms with E-state index in [0.29, 0.717) is 6.67 Å². The van der Waals surface area contributed by atoms with Crippen molar-refractivity contribution in [3.05, 3.63) is 93.9 Å². The van der Waals surface area contributed by atoms with Crippen molar-refractivity contribution in [2.24, 2.45) is 0 Å². The quantitative estimate of drug-likeness (QED) is 0.212. The lowest BCUT2D eigenvalue weighted by molar-refractivity contribution is 0.582. The van der Waals surface area contributed by atoms with Crippen LogP contribution in [0.15, 0.2) is 103 Å². The van der Waals surface area contributed by atoms with E-state index in [0.717, 1.165) is 59.4 Å². The van der Waals surface area contributed by atoms with E-state index >= 15 is 0 Å². The van der Waals surface area contributed by atoms with Crippen LogP contribution >= 0.6 is 31.9 Å². The lowest BCUT2D eigenvalue weighted by Crippen LogP contribution is -2.35. The molecule has 1 aliphatic rings. The first kappa shape index (κ1) is 19.3. The maximum absolute atomic E-state index is 6.37. The Kier molecular flexibility index (Phi) is 4.17. The third-order valence-corrected chi connectivity index (χ3v) is 7.78. The third kappa shape index (κ3) is 2.74. The van der Waals surface area contributed by atoms with Gasteiger partial charge in [-0.2, -0.15) is 0 Å². The molecule has 0 unspecified atom stereocenters. The van der Waals surface area contributed by atoms with E-state index in [1.807, 2.05) is 36.4 Å². The SMILES string of the molecule is Brc1c(N2CN(c3oc4ccccc4c3Br)c3cccc4cccc2c34)oc2ccccc12. The van der Waals surface area contributed by atoms with Gasteiger partial charge in [0.1, 0.15) is 17.8 Å². The zero-order chi connectivity index (χ0) is 22.1. The van der Waals surface area contributed by atoms with Gasteiger partial charge < -0.3 is 8.83 Å². The topological polar surface area (TPSA) is 32.8 Å². The summed E-state index contributed by atoms with van der Waals surface area (Å²) < 4.78 is 14.6. The summed E-state index contributed by atoms with van der Waals surface area (Å²) in [5.41, 5.74) is 3.90. The van der Waals surface area contributed by atoms with E-state index in [1.54, 1.807) is 0 Å². The maximum atomic E-state index is 6.37. The lowest BCUT2D eigenvalue weighted by atomic mass is 10.0. The molecule has 0 fully saturated rings. The highest BCUT2D eigenvalue weighted by Gasteiger charge is 2.32. The zero-order valence-corrected chi connectivity index (χ0v) is 20.4. The van der Waals surface area contributed by atoms with Gasteiger partial charge in [-0.3, -0.25) is 9.80 Å². The minimum absolute atomic E-state index is 0.535. The molecule has 0 bridgehead atoms. The Morgan fingerprint density at radius 3 is 1.55 bits per heavy atom. The van der Waals surface area contributed by atoms with Crippen molar-refractivity contribution in [1.82, 2.24) is 0 Å². The summed E-state index contributed by atoms with van der Waals surface area (Å²) in [7, 11) is 0. The summed E-state index contributed by atoms with van der Waals surface area (Å²) in [5, 5.41) is 4.43. The molecule has 0 saturated carbocycles. The molecule has 2 aromatic heterocycles. The minimum Gasteiger partial charge on any atom is -0.439 e. The van der Waals surface area contributed by atoms with E-state index in [1.165, 1.54) is 5.39 Å². The number of anilines is 4. The minimum atomic E-state index is 0.535. The van der Waals surface area contributed by atoms with Gasteiger partial charge in [-0.15, -0.1) is 0 Å². The van der Waals surface area contributed by atoms with E-state index in [2.05, 4.69) is 90.2 Å². The highest BCUT2D eigenvalue weighted by atomic mass is 79.9. The van der Waals surface area contributed by atoms with Gasteiger partial charge in [0.15, 0.2) is 0 Å². The molecule has 0 atom stereocenters. The van der Waals surface area contributed by atoms with Gasteiger partial charge >= 0.3 is 0 Å². The molecular weight excluding hydrogens is 544 g/mol. The molecule has 1 aliphatic heterocycles. The Morgan fingerprint density at radius 1 is 0.576 bits per heavy atom. The number of fused-ring (bicyclic) bond motifs is 2. The fourth-order valence-corrected chi connectivity index (χ4v) is 5.99. The maximum Gasteiger partial charge on any atom is 0.217 e. The number of hydrogen-bond donors (Lipinski definition) is 0. The molecule has 33 heavy (non-hydrogen) atoms. The van der Waals surface area contributed by atoms with Gasteiger partial charge in [0, 0.05) is 16.2 Å². The first-order chi connectivity index (χ1) is 16.2. The van der Waals surface area contributed by atoms with Crippen molar-refractivity contribution in [2.45, 2.75) is 0 Å². The molecule has 0 amide bonds. The van der Waals surface area contributed by atoms with Crippen molar-refractivity contribution < 1.29 is 8.83 Å². The second kappa shape index (κ2) is 7.14. The summed E-state index contributed by atoms with van der Waals surface area (Å²) in [6.45, 7) is 0.535. The molecule has 0 spiro atoms. The summed E-state index contributed by atoms with van der Waals surface area (Å²) in [5.74, 6) is 1.55. The van der Waals surface area contributed by atoms with E-state index in [4.69, 9.17) is 8.83 Å². The van der Waals surface area contributed by atoms with Gasteiger partial charge in [0.05, 0.1) is 20.3 Å². The molecular formula is C27H16Br2N2O2. The zero-order valence-electron chi connectivity index (χ0n) is 17.3. The van der Waals surface area contributed by atoms with Crippen LogP contribution in [-0.4, -0.2) is 6.67 Å². The Balaban J connectivity index is 1.51. The van der Waals surface area contributed by atoms with Gasteiger partial charge in [-0.25, -0.2) is 0 Å². The van der Waals surface area contributed by atoms with Crippen LogP contribution in [-0.2, 0) is 0 Å². The first-order valence-electron chi connectivity index (χ1n) is 10.6. The van der Waals surface area contributed by atoms with Crippen LogP contribution in [0.2, 0.25) is 0 Å². The summed E-state index contributed by atoms with van der Waals surface area (Å²) in [4.78, 5) is 4.41. The molecule has 160 valence electrons. The molecule has 4 aromatic carbocycles. The monoisotopic (exact) mass is 558 g/mol. The van der Waals surface area contributed by atoms with Crippen molar-refractivity contribution in [3.8, 4) is 0 Å². The van der Waals surface area contributed by atoms with Crippen LogP contribution in [0.25, 0.3) is 32.7 Å². The van der Waals surface area contributed by atoms with E-state index in [9.17, 15) is 0 Å². The number of nitrogens with zero attached hydrogens (tertiary/aromatic N) is 2. The first-order valence-corrected chi connectivity index (χ1v) is 12.2. The second-order valence-electron chi connectivity index (χ2n) is 8.08. The number of benzene rings is 4. The molecule has 6 heteroatoms. The fraction of sp³-hybridized carbons (Fsp3) is 0.0370.